The van der Waals surface area contributed by atoms with Gasteiger partial charge >= 0.3 is 0 Å². The first-order chi connectivity index (χ1) is 12.4. The molecule has 3 aromatic rings. The van der Waals surface area contributed by atoms with Crippen molar-refractivity contribution >= 4 is 10.8 Å². The highest BCUT2D eigenvalue weighted by molar-refractivity contribution is 5.87. The first kappa shape index (κ1) is 17.5. The smallest absolute Gasteiger partial charge is 0.124 e. The highest BCUT2D eigenvalue weighted by atomic mass is 16.5. The Morgan fingerprint density at radius 1 is 0.840 bits per heavy atom. The van der Waals surface area contributed by atoms with Gasteiger partial charge in [-0.25, -0.2) is 0 Å². The van der Waals surface area contributed by atoms with Crippen molar-refractivity contribution in [3.63, 3.8) is 0 Å². The lowest BCUT2D eigenvalue weighted by Gasteiger charge is -2.15. The quantitative estimate of drug-likeness (QED) is 0.578. The lowest BCUT2D eigenvalue weighted by molar-refractivity contribution is 0.302. The molecular formula is C22H26N2O. The van der Waals surface area contributed by atoms with Gasteiger partial charge in [0.05, 0.1) is 0 Å². The molecule has 0 saturated heterocycles. The van der Waals surface area contributed by atoms with Gasteiger partial charge in [-0.15, -0.1) is 0 Å². The van der Waals surface area contributed by atoms with E-state index in [0.717, 1.165) is 31.8 Å². The van der Waals surface area contributed by atoms with E-state index in [2.05, 4.69) is 59.2 Å². The molecule has 0 atom stereocenters. The molecule has 3 nitrogen and oxygen atoms in total. The average molecular weight is 334 g/mol. The first-order valence-electron chi connectivity index (χ1n) is 8.91. The summed E-state index contributed by atoms with van der Waals surface area (Å²) < 4.78 is 6.16. The molecule has 130 valence electrons. The molecule has 0 heterocycles. The Balaban J connectivity index is 1.77. The van der Waals surface area contributed by atoms with E-state index >= 15 is 0 Å². The molecule has 0 aromatic heterocycles. The topological polar surface area (TPSA) is 33.3 Å². The van der Waals surface area contributed by atoms with Crippen molar-refractivity contribution in [2.24, 2.45) is 0 Å². The normalized spacial score (nSPS) is 10.9. The van der Waals surface area contributed by atoms with E-state index in [1.807, 2.05) is 25.2 Å². The summed E-state index contributed by atoms with van der Waals surface area (Å²) in [5.41, 5.74) is 2.42. The summed E-state index contributed by atoms with van der Waals surface area (Å²) in [6.45, 7) is 3.42. The number of hydrogen-bond acceptors (Lipinski definition) is 3. The molecule has 3 heteroatoms. The van der Waals surface area contributed by atoms with Gasteiger partial charge in [0.15, 0.2) is 0 Å². The Bertz CT molecular complexity index is 786. The van der Waals surface area contributed by atoms with Crippen molar-refractivity contribution in [2.75, 3.05) is 20.1 Å². The highest BCUT2D eigenvalue weighted by Gasteiger charge is 2.09. The van der Waals surface area contributed by atoms with E-state index in [9.17, 15) is 0 Å². The van der Waals surface area contributed by atoms with Crippen LogP contribution in [-0.2, 0) is 13.2 Å². The second-order valence-electron chi connectivity index (χ2n) is 6.17. The SMILES string of the molecule is CNCCCNCc1c(OCc2ccccc2)ccc2ccccc12. The van der Waals surface area contributed by atoms with Crippen molar-refractivity contribution in [1.29, 1.82) is 0 Å². The second kappa shape index (κ2) is 9.21. The van der Waals surface area contributed by atoms with Crippen LogP contribution in [0.15, 0.2) is 66.7 Å². The van der Waals surface area contributed by atoms with Gasteiger partial charge in [-0.3, -0.25) is 0 Å². The zero-order valence-electron chi connectivity index (χ0n) is 14.8. The number of ether oxygens (including phenoxy) is 1. The van der Waals surface area contributed by atoms with E-state index in [4.69, 9.17) is 4.74 Å². The molecule has 25 heavy (non-hydrogen) atoms. The number of rotatable bonds is 9. The van der Waals surface area contributed by atoms with Crippen molar-refractivity contribution in [1.82, 2.24) is 10.6 Å². The standard InChI is InChI=1S/C22H26N2O/c1-23-14-7-15-24-16-21-20-11-6-5-10-19(20)12-13-22(21)25-17-18-8-3-2-4-9-18/h2-6,8-13,23-24H,7,14-17H2,1H3. The van der Waals surface area contributed by atoms with Crippen LogP contribution < -0.4 is 15.4 Å². The van der Waals surface area contributed by atoms with E-state index in [0.29, 0.717) is 6.61 Å². The number of benzene rings is 3. The predicted molar refractivity (Wildman–Crippen MR) is 105 cm³/mol. The third-order valence-corrected chi connectivity index (χ3v) is 4.32. The summed E-state index contributed by atoms with van der Waals surface area (Å²) in [6, 6.07) is 23.0. The van der Waals surface area contributed by atoms with Crippen LogP contribution >= 0.6 is 0 Å². The van der Waals surface area contributed by atoms with Crippen molar-refractivity contribution in [3.8, 4) is 5.75 Å². The Hall–Kier alpha value is -2.36. The fourth-order valence-electron chi connectivity index (χ4n) is 2.97. The summed E-state index contributed by atoms with van der Waals surface area (Å²) in [4.78, 5) is 0. The molecule has 3 aromatic carbocycles. The van der Waals surface area contributed by atoms with Crippen LogP contribution in [0.5, 0.6) is 5.75 Å². The zero-order valence-corrected chi connectivity index (χ0v) is 14.8. The highest BCUT2D eigenvalue weighted by Crippen LogP contribution is 2.28. The summed E-state index contributed by atoms with van der Waals surface area (Å²) >= 11 is 0. The lowest BCUT2D eigenvalue weighted by atomic mass is 10.0. The van der Waals surface area contributed by atoms with Crippen LogP contribution in [0.1, 0.15) is 17.5 Å². The van der Waals surface area contributed by atoms with Gasteiger partial charge in [-0.1, -0.05) is 60.7 Å². The molecule has 0 spiro atoms. The van der Waals surface area contributed by atoms with Gasteiger partial charge in [0.25, 0.3) is 0 Å². The zero-order chi connectivity index (χ0) is 17.3. The number of fused-ring (bicyclic) bond motifs is 1. The Morgan fingerprint density at radius 2 is 1.64 bits per heavy atom. The molecule has 2 N–H and O–H groups in total. The van der Waals surface area contributed by atoms with E-state index in [-0.39, 0.29) is 0 Å². The minimum Gasteiger partial charge on any atom is -0.489 e. The monoisotopic (exact) mass is 334 g/mol. The van der Waals surface area contributed by atoms with Gasteiger partial charge in [0.2, 0.25) is 0 Å². The Morgan fingerprint density at radius 3 is 2.48 bits per heavy atom. The molecule has 0 aliphatic rings. The van der Waals surface area contributed by atoms with Gasteiger partial charge in [-0.2, -0.15) is 0 Å². The Labute approximate surface area is 150 Å². The van der Waals surface area contributed by atoms with Gasteiger partial charge in [0, 0.05) is 12.1 Å². The fourth-order valence-corrected chi connectivity index (χ4v) is 2.97. The lowest BCUT2D eigenvalue weighted by Crippen LogP contribution is -2.20. The minimum atomic E-state index is 0.589. The molecule has 0 aliphatic carbocycles. The largest absolute Gasteiger partial charge is 0.489 e. The van der Waals surface area contributed by atoms with Crippen LogP contribution in [0.4, 0.5) is 0 Å². The molecule has 0 unspecified atom stereocenters. The van der Waals surface area contributed by atoms with E-state index in [1.165, 1.54) is 21.9 Å². The maximum atomic E-state index is 6.16. The van der Waals surface area contributed by atoms with Crippen LogP contribution in [0.3, 0.4) is 0 Å². The van der Waals surface area contributed by atoms with Crippen LogP contribution in [0.25, 0.3) is 10.8 Å². The molecule has 0 radical (unpaired) electrons. The maximum Gasteiger partial charge on any atom is 0.124 e. The second-order valence-corrected chi connectivity index (χ2v) is 6.17. The first-order valence-corrected chi connectivity index (χ1v) is 8.91. The fraction of sp³-hybridized carbons (Fsp3) is 0.273. The van der Waals surface area contributed by atoms with Crippen molar-refractivity contribution in [2.45, 2.75) is 19.6 Å². The Kier molecular flexibility index (Phi) is 6.43. The number of hydrogen-bond donors (Lipinski definition) is 2. The van der Waals surface area contributed by atoms with Gasteiger partial charge < -0.3 is 15.4 Å². The van der Waals surface area contributed by atoms with Crippen molar-refractivity contribution < 1.29 is 4.74 Å². The summed E-state index contributed by atoms with van der Waals surface area (Å²) in [5.74, 6) is 0.962. The van der Waals surface area contributed by atoms with Crippen LogP contribution in [0, 0.1) is 0 Å². The van der Waals surface area contributed by atoms with Crippen LogP contribution in [-0.4, -0.2) is 20.1 Å². The maximum absolute atomic E-state index is 6.16. The molecular weight excluding hydrogens is 308 g/mol. The summed E-state index contributed by atoms with van der Waals surface area (Å²) in [7, 11) is 1.99. The van der Waals surface area contributed by atoms with Crippen molar-refractivity contribution in [3.05, 3.63) is 77.9 Å². The molecule has 0 saturated carbocycles. The van der Waals surface area contributed by atoms with Gasteiger partial charge in [-0.05, 0) is 49.0 Å². The van der Waals surface area contributed by atoms with E-state index in [1.54, 1.807) is 0 Å². The third kappa shape index (κ3) is 4.81. The van der Waals surface area contributed by atoms with E-state index < -0.39 is 0 Å². The molecule has 0 fully saturated rings. The molecule has 3 rings (SSSR count). The summed E-state index contributed by atoms with van der Waals surface area (Å²) in [5, 5.41) is 9.24. The number of nitrogens with one attached hydrogen (secondary N) is 2. The molecule has 0 bridgehead atoms. The van der Waals surface area contributed by atoms with Gasteiger partial charge in [0.1, 0.15) is 12.4 Å². The summed E-state index contributed by atoms with van der Waals surface area (Å²) in [6.07, 6.45) is 1.11. The predicted octanol–water partition coefficient (Wildman–Crippen LogP) is 4.12. The third-order valence-electron chi connectivity index (χ3n) is 4.32. The minimum absolute atomic E-state index is 0.589. The average Bonchev–Trinajstić information content (AvgIpc) is 2.67. The van der Waals surface area contributed by atoms with Crippen LogP contribution in [0.2, 0.25) is 0 Å². The molecule has 0 amide bonds. The molecule has 0 aliphatic heterocycles.